The van der Waals surface area contributed by atoms with Crippen LogP contribution in [0.4, 0.5) is 5.82 Å². The molecular formula is C12H12ClN3O2S. The van der Waals surface area contributed by atoms with Crippen molar-refractivity contribution < 1.29 is 9.90 Å². The second-order valence-electron chi connectivity index (χ2n) is 3.69. The van der Waals surface area contributed by atoms with Crippen LogP contribution in [0, 0.1) is 0 Å². The molecule has 0 saturated carbocycles. The second-order valence-corrected chi connectivity index (χ2v) is 5.38. The molecule has 0 spiro atoms. The third-order valence-corrected chi connectivity index (χ3v) is 3.55. The van der Waals surface area contributed by atoms with E-state index in [0.29, 0.717) is 15.7 Å². The Morgan fingerprint density at radius 3 is 2.63 bits per heavy atom. The topological polar surface area (TPSA) is 81.1 Å². The van der Waals surface area contributed by atoms with Gasteiger partial charge in [-0.25, -0.2) is 9.48 Å². The SMILES string of the molecule is CCSc1nn(-c2ccc(Cl)cc2)c(N)c1C(=O)O. The number of aromatic carboxylic acids is 1. The number of benzene rings is 1. The summed E-state index contributed by atoms with van der Waals surface area (Å²) in [6, 6.07) is 6.87. The standard InChI is InChI=1S/C12H12ClN3O2S/c1-2-19-11-9(12(17)18)10(14)16(15-11)8-5-3-7(13)4-6-8/h3-6H,2,14H2,1H3,(H,17,18). The van der Waals surface area contributed by atoms with Crippen molar-refractivity contribution in [3.8, 4) is 5.69 Å². The van der Waals surface area contributed by atoms with Crippen LogP contribution in [0.3, 0.4) is 0 Å². The van der Waals surface area contributed by atoms with Crippen LogP contribution in [0.5, 0.6) is 0 Å². The van der Waals surface area contributed by atoms with E-state index in [4.69, 9.17) is 17.3 Å². The molecule has 0 aliphatic rings. The third-order valence-electron chi connectivity index (χ3n) is 2.46. The molecule has 2 rings (SSSR count). The lowest BCUT2D eigenvalue weighted by atomic mass is 10.3. The van der Waals surface area contributed by atoms with Gasteiger partial charge in [0.2, 0.25) is 0 Å². The van der Waals surface area contributed by atoms with Crippen LogP contribution < -0.4 is 5.73 Å². The Balaban J connectivity index is 2.55. The van der Waals surface area contributed by atoms with Gasteiger partial charge in [-0.1, -0.05) is 18.5 Å². The largest absolute Gasteiger partial charge is 0.477 e. The number of halogens is 1. The van der Waals surface area contributed by atoms with Crippen molar-refractivity contribution in [1.29, 1.82) is 0 Å². The van der Waals surface area contributed by atoms with Crippen molar-refractivity contribution in [3.05, 3.63) is 34.9 Å². The fourth-order valence-corrected chi connectivity index (χ4v) is 2.50. The fourth-order valence-electron chi connectivity index (χ4n) is 1.63. The average molecular weight is 298 g/mol. The van der Waals surface area contributed by atoms with Crippen LogP contribution in [-0.2, 0) is 0 Å². The molecule has 2 aromatic rings. The molecule has 0 amide bonds. The van der Waals surface area contributed by atoms with Crippen LogP contribution in [0.2, 0.25) is 5.02 Å². The number of carboxylic acid groups (broad SMARTS) is 1. The summed E-state index contributed by atoms with van der Waals surface area (Å²) in [4.78, 5) is 11.2. The van der Waals surface area contributed by atoms with Crippen LogP contribution in [0.15, 0.2) is 29.3 Å². The van der Waals surface area contributed by atoms with Crippen molar-refractivity contribution in [1.82, 2.24) is 9.78 Å². The number of aromatic nitrogens is 2. The maximum absolute atomic E-state index is 11.2. The number of nitrogens with two attached hydrogens (primary N) is 1. The zero-order valence-corrected chi connectivity index (χ0v) is 11.7. The molecule has 0 aliphatic heterocycles. The molecule has 7 heteroatoms. The molecule has 3 N–H and O–H groups in total. The second kappa shape index (κ2) is 5.54. The first-order valence-corrected chi connectivity index (χ1v) is 6.91. The van der Waals surface area contributed by atoms with Gasteiger partial charge in [0.15, 0.2) is 0 Å². The van der Waals surface area contributed by atoms with Gasteiger partial charge >= 0.3 is 5.97 Å². The predicted molar refractivity (Wildman–Crippen MR) is 76.3 cm³/mol. The average Bonchev–Trinajstić information content (AvgIpc) is 2.68. The summed E-state index contributed by atoms with van der Waals surface area (Å²) in [6.45, 7) is 1.92. The monoisotopic (exact) mass is 297 g/mol. The summed E-state index contributed by atoms with van der Waals surface area (Å²) in [5, 5.41) is 14.5. The highest BCUT2D eigenvalue weighted by Gasteiger charge is 2.22. The lowest BCUT2D eigenvalue weighted by Gasteiger charge is -2.03. The normalized spacial score (nSPS) is 10.6. The van der Waals surface area contributed by atoms with Gasteiger partial charge in [0.25, 0.3) is 0 Å². The lowest BCUT2D eigenvalue weighted by Crippen LogP contribution is -2.05. The highest BCUT2D eigenvalue weighted by molar-refractivity contribution is 7.99. The van der Waals surface area contributed by atoms with Crippen LogP contribution in [0.1, 0.15) is 17.3 Å². The summed E-state index contributed by atoms with van der Waals surface area (Å²) < 4.78 is 1.41. The number of anilines is 1. The summed E-state index contributed by atoms with van der Waals surface area (Å²) in [6.07, 6.45) is 0. The van der Waals surface area contributed by atoms with E-state index in [0.717, 1.165) is 5.75 Å². The van der Waals surface area contributed by atoms with E-state index >= 15 is 0 Å². The minimum absolute atomic E-state index is 0.0433. The van der Waals surface area contributed by atoms with E-state index in [1.165, 1.54) is 16.4 Å². The van der Waals surface area contributed by atoms with Crippen LogP contribution >= 0.6 is 23.4 Å². The molecule has 0 unspecified atom stereocenters. The Hall–Kier alpha value is -1.66. The summed E-state index contributed by atoms with van der Waals surface area (Å²) in [5.74, 6) is -0.239. The molecule has 100 valence electrons. The highest BCUT2D eigenvalue weighted by Crippen LogP contribution is 2.28. The molecule has 19 heavy (non-hydrogen) atoms. The van der Waals surface area contributed by atoms with Crippen molar-refractivity contribution in [2.45, 2.75) is 11.9 Å². The zero-order chi connectivity index (χ0) is 14.0. The number of carboxylic acids is 1. The minimum atomic E-state index is -1.08. The molecule has 0 atom stereocenters. The van der Waals surface area contributed by atoms with Gasteiger partial charge < -0.3 is 10.8 Å². The van der Waals surface area contributed by atoms with Crippen molar-refractivity contribution in [2.75, 3.05) is 11.5 Å². The molecular weight excluding hydrogens is 286 g/mol. The van der Waals surface area contributed by atoms with Crippen molar-refractivity contribution >= 4 is 35.1 Å². The summed E-state index contributed by atoms with van der Waals surface area (Å²) in [7, 11) is 0. The Kier molecular flexibility index (Phi) is 4.01. The smallest absolute Gasteiger partial charge is 0.342 e. The maximum atomic E-state index is 11.2. The molecule has 1 heterocycles. The Labute approximate surface area is 119 Å². The number of hydrogen-bond donors (Lipinski definition) is 2. The first kappa shape index (κ1) is 13.8. The van der Waals surface area contributed by atoms with Crippen molar-refractivity contribution in [2.24, 2.45) is 0 Å². The first-order chi connectivity index (χ1) is 9.04. The van der Waals surface area contributed by atoms with E-state index < -0.39 is 5.97 Å². The van der Waals surface area contributed by atoms with Gasteiger partial charge in [0.05, 0.1) is 5.69 Å². The van der Waals surface area contributed by atoms with E-state index in [2.05, 4.69) is 5.10 Å². The third kappa shape index (κ3) is 2.69. The number of rotatable bonds is 4. The van der Waals surface area contributed by atoms with Gasteiger partial charge in [-0.3, -0.25) is 0 Å². The van der Waals surface area contributed by atoms with Crippen LogP contribution in [0.25, 0.3) is 5.69 Å². The predicted octanol–water partition coefficient (Wildman–Crippen LogP) is 2.92. The summed E-state index contributed by atoms with van der Waals surface area (Å²) >= 11 is 7.16. The van der Waals surface area contributed by atoms with Gasteiger partial charge in [-0.2, -0.15) is 5.10 Å². The number of carbonyl (C=O) groups is 1. The van der Waals surface area contributed by atoms with E-state index in [1.807, 2.05) is 6.92 Å². The molecule has 0 fully saturated rings. The quantitative estimate of drug-likeness (QED) is 0.848. The summed E-state index contributed by atoms with van der Waals surface area (Å²) in [5.41, 5.74) is 6.60. The number of nitrogen functional groups attached to an aromatic ring is 1. The minimum Gasteiger partial charge on any atom is -0.477 e. The maximum Gasteiger partial charge on any atom is 0.342 e. The van der Waals surface area contributed by atoms with Gasteiger partial charge in [0, 0.05) is 5.02 Å². The molecule has 0 radical (unpaired) electrons. The van der Waals surface area contributed by atoms with Crippen molar-refractivity contribution in [3.63, 3.8) is 0 Å². The van der Waals surface area contributed by atoms with E-state index in [1.54, 1.807) is 24.3 Å². The van der Waals surface area contributed by atoms with Gasteiger partial charge in [-0.05, 0) is 30.0 Å². The molecule has 0 saturated heterocycles. The zero-order valence-electron chi connectivity index (χ0n) is 10.1. The molecule has 0 aliphatic carbocycles. The number of thioether (sulfide) groups is 1. The highest BCUT2D eigenvalue weighted by atomic mass is 35.5. The molecule has 0 bridgehead atoms. The van der Waals surface area contributed by atoms with E-state index in [9.17, 15) is 9.90 Å². The molecule has 1 aromatic heterocycles. The number of nitrogens with zero attached hydrogens (tertiary/aromatic N) is 2. The fraction of sp³-hybridized carbons (Fsp3) is 0.167. The van der Waals surface area contributed by atoms with Gasteiger partial charge in [0.1, 0.15) is 16.4 Å². The molecule has 1 aromatic carbocycles. The molecule has 5 nitrogen and oxygen atoms in total. The lowest BCUT2D eigenvalue weighted by molar-refractivity contribution is 0.0694. The first-order valence-electron chi connectivity index (χ1n) is 5.55. The van der Waals surface area contributed by atoms with Crippen LogP contribution in [-0.4, -0.2) is 26.6 Å². The van der Waals surface area contributed by atoms with Gasteiger partial charge in [-0.15, -0.1) is 11.8 Å². The Morgan fingerprint density at radius 2 is 2.11 bits per heavy atom. The Bertz CT molecular complexity index is 610. The Morgan fingerprint density at radius 1 is 1.47 bits per heavy atom. The van der Waals surface area contributed by atoms with E-state index in [-0.39, 0.29) is 11.4 Å². The number of hydrogen-bond acceptors (Lipinski definition) is 4.